The Kier molecular flexibility index (Phi) is 7.76. The number of rotatable bonds is 9. The second kappa shape index (κ2) is 10.5. The molecule has 1 aromatic carbocycles. The van der Waals surface area contributed by atoms with Gasteiger partial charge in [-0.2, -0.15) is 0 Å². The Bertz CT molecular complexity index is 1150. The molecule has 0 radical (unpaired) electrons. The van der Waals surface area contributed by atoms with E-state index in [4.69, 9.17) is 20.8 Å². The molecule has 2 aromatic heterocycles. The Labute approximate surface area is 197 Å². The van der Waals surface area contributed by atoms with E-state index in [-0.39, 0.29) is 31.4 Å². The molecule has 174 valence electrons. The minimum absolute atomic E-state index is 0.123. The molecule has 0 bridgehead atoms. The van der Waals surface area contributed by atoms with Crippen molar-refractivity contribution < 1.29 is 23.5 Å². The van der Waals surface area contributed by atoms with Gasteiger partial charge in [-0.05, 0) is 69.7 Å². The van der Waals surface area contributed by atoms with Gasteiger partial charge >= 0.3 is 5.97 Å². The molecule has 8 heteroatoms. The van der Waals surface area contributed by atoms with Gasteiger partial charge in [-0.1, -0.05) is 11.6 Å². The van der Waals surface area contributed by atoms with Crippen LogP contribution in [0, 0.1) is 13.8 Å². The van der Waals surface area contributed by atoms with Gasteiger partial charge in [0.15, 0.2) is 5.78 Å². The molecule has 0 saturated carbocycles. The van der Waals surface area contributed by atoms with Crippen LogP contribution in [0.5, 0.6) is 0 Å². The summed E-state index contributed by atoms with van der Waals surface area (Å²) in [4.78, 5) is 40.7. The Morgan fingerprint density at radius 1 is 1.09 bits per heavy atom. The Balaban J connectivity index is 1.96. The van der Waals surface area contributed by atoms with Crippen LogP contribution in [0.1, 0.15) is 62.1 Å². The average Bonchev–Trinajstić information content (AvgIpc) is 3.38. The molecule has 0 unspecified atom stereocenters. The summed E-state index contributed by atoms with van der Waals surface area (Å²) in [7, 11) is 0. The third-order valence-electron chi connectivity index (χ3n) is 5.47. The highest BCUT2D eigenvalue weighted by Gasteiger charge is 2.29. The fraction of sp³-hybridized carbons (Fsp3) is 0.320. The van der Waals surface area contributed by atoms with Gasteiger partial charge < -0.3 is 18.6 Å². The first-order valence-electron chi connectivity index (χ1n) is 10.8. The van der Waals surface area contributed by atoms with Gasteiger partial charge in [0.1, 0.15) is 11.5 Å². The van der Waals surface area contributed by atoms with E-state index in [1.165, 1.54) is 11.2 Å². The van der Waals surface area contributed by atoms with E-state index in [9.17, 15) is 14.4 Å². The molecule has 3 rings (SSSR count). The normalized spacial score (nSPS) is 10.8. The van der Waals surface area contributed by atoms with E-state index in [0.717, 1.165) is 0 Å². The van der Waals surface area contributed by atoms with Crippen molar-refractivity contribution in [1.82, 2.24) is 9.47 Å². The van der Waals surface area contributed by atoms with Gasteiger partial charge in [0.25, 0.3) is 5.91 Å². The summed E-state index contributed by atoms with van der Waals surface area (Å²) < 4.78 is 12.4. The third kappa shape index (κ3) is 5.20. The highest BCUT2D eigenvalue weighted by atomic mass is 35.5. The lowest BCUT2D eigenvalue weighted by Crippen LogP contribution is -2.35. The van der Waals surface area contributed by atoms with Crippen molar-refractivity contribution in [2.75, 3.05) is 13.2 Å². The van der Waals surface area contributed by atoms with Gasteiger partial charge in [-0.3, -0.25) is 9.59 Å². The minimum Gasteiger partial charge on any atom is -0.467 e. The maximum atomic E-state index is 13.5. The summed E-state index contributed by atoms with van der Waals surface area (Å²) in [6.07, 6.45) is 1.52. The average molecular weight is 471 g/mol. The molecule has 0 aliphatic rings. The molecule has 3 aromatic rings. The monoisotopic (exact) mass is 470 g/mol. The van der Waals surface area contributed by atoms with E-state index in [2.05, 4.69) is 0 Å². The highest BCUT2D eigenvalue weighted by molar-refractivity contribution is 6.30. The number of hydrogen-bond acceptors (Lipinski definition) is 5. The number of aromatic nitrogens is 1. The van der Waals surface area contributed by atoms with Crippen LogP contribution in [-0.2, 0) is 17.8 Å². The summed E-state index contributed by atoms with van der Waals surface area (Å²) >= 11 is 5.95. The lowest BCUT2D eigenvalue weighted by Gasteiger charge is -2.21. The molecular formula is C25H27ClN2O5. The van der Waals surface area contributed by atoms with Crippen molar-refractivity contribution in [1.29, 1.82) is 0 Å². The smallest absolute Gasteiger partial charge is 0.355 e. The van der Waals surface area contributed by atoms with Crippen LogP contribution in [0.2, 0.25) is 5.02 Å². The number of benzene rings is 1. The first kappa shape index (κ1) is 24.3. The zero-order valence-electron chi connectivity index (χ0n) is 19.2. The fourth-order valence-corrected chi connectivity index (χ4v) is 4.11. The van der Waals surface area contributed by atoms with Crippen LogP contribution in [0.15, 0.2) is 47.1 Å². The number of carbonyl (C=O) groups excluding carboxylic acids is 3. The van der Waals surface area contributed by atoms with Crippen LogP contribution in [-0.4, -0.2) is 40.3 Å². The van der Waals surface area contributed by atoms with E-state index in [1.807, 2.05) is 6.92 Å². The zero-order valence-corrected chi connectivity index (χ0v) is 19.9. The molecule has 0 atom stereocenters. The fourth-order valence-electron chi connectivity index (χ4n) is 3.98. The van der Waals surface area contributed by atoms with E-state index < -0.39 is 5.97 Å². The van der Waals surface area contributed by atoms with Crippen molar-refractivity contribution >= 4 is 29.3 Å². The van der Waals surface area contributed by atoms with Crippen LogP contribution in [0.25, 0.3) is 0 Å². The number of amides is 1. The van der Waals surface area contributed by atoms with Crippen molar-refractivity contribution in [2.45, 2.75) is 40.8 Å². The lowest BCUT2D eigenvalue weighted by molar-refractivity contribution is 0.0512. The molecule has 33 heavy (non-hydrogen) atoms. The number of esters is 1. The standard InChI is InChI=1S/C25H27ClN2O5/c1-5-28-17(4)22(16(3)23(28)25(31)32-6-2)21(29)15-27(14-20-8-7-13-33-20)24(30)18-9-11-19(26)12-10-18/h7-13H,5-6,14-15H2,1-4H3. The molecule has 0 fully saturated rings. The number of carbonyl (C=O) groups is 3. The summed E-state index contributed by atoms with van der Waals surface area (Å²) in [6.45, 7) is 7.85. The number of ether oxygens (including phenoxy) is 1. The Hall–Kier alpha value is -3.32. The quantitative estimate of drug-likeness (QED) is 0.322. The number of hydrogen-bond donors (Lipinski definition) is 0. The zero-order chi connectivity index (χ0) is 24.1. The van der Waals surface area contributed by atoms with Crippen molar-refractivity contribution in [2.24, 2.45) is 0 Å². The van der Waals surface area contributed by atoms with Crippen molar-refractivity contribution in [3.63, 3.8) is 0 Å². The first-order chi connectivity index (χ1) is 15.8. The SMILES string of the molecule is CCOC(=O)c1c(C)c(C(=O)CN(Cc2ccco2)C(=O)c2ccc(Cl)cc2)c(C)n1CC. The van der Waals surface area contributed by atoms with Gasteiger partial charge in [0.2, 0.25) is 0 Å². The van der Waals surface area contributed by atoms with Crippen LogP contribution in [0.4, 0.5) is 0 Å². The summed E-state index contributed by atoms with van der Waals surface area (Å²) in [5, 5.41) is 0.513. The summed E-state index contributed by atoms with van der Waals surface area (Å²) in [5.41, 5.74) is 2.41. The molecule has 0 saturated heterocycles. The predicted molar refractivity (Wildman–Crippen MR) is 125 cm³/mol. The van der Waals surface area contributed by atoms with Crippen LogP contribution >= 0.6 is 11.6 Å². The number of nitrogens with zero attached hydrogens (tertiary/aromatic N) is 2. The summed E-state index contributed by atoms with van der Waals surface area (Å²) in [5.74, 6) is -0.510. The van der Waals surface area contributed by atoms with E-state index in [0.29, 0.717) is 45.4 Å². The predicted octanol–water partition coefficient (Wildman–Crippen LogP) is 5.07. The van der Waals surface area contributed by atoms with Gasteiger partial charge in [-0.15, -0.1) is 0 Å². The Morgan fingerprint density at radius 3 is 2.36 bits per heavy atom. The number of halogens is 1. The second-order valence-electron chi connectivity index (χ2n) is 7.57. The Morgan fingerprint density at radius 2 is 1.79 bits per heavy atom. The molecular weight excluding hydrogens is 444 g/mol. The molecule has 2 heterocycles. The number of ketones is 1. The van der Waals surface area contributed by atoms with Crippen LogP contribution < -0.4 is 0 Å². The molecule has 0 N–H and O–H groups in total. The van der Waals surface area contributed by atoms with Crippen molar-refractivity contribution in [3.05, 3.63) is 81.5 Å². The number of Topliss-reactive ketones (excluding diaryl/α,β-unsaturated/α-hetero) is 1. The van der Waals surface area contributed by atoms with Crippen molar-refractivity contribution in [3.8, 4) is 0 Å². The molecule has 0 aliphatic heterocycles. The third-order valence-corrected chi connectivity index (χ3v) is 5.72. The first-order valence-corrected chi connectivity index (χ1v) is 11.1. The maximum absolute atomic E-state index is 13.5. The molecule has 7 nitrogen and oxygen atoms in total. The van der Waals surface area contributed by atoms with Crippen LogP contribution in [0.3, 0.4) is 0 Å². The van der Waals surface area contributed by atoms with E-state index in [1.54, 1.807) is 61.7 Å². The number of furan rings is 1. The van der Waals surface area contributed by atoms with E-state index >= 15 is 0 Å². The molecule has 0 spiro atoms. The minimum atomic E-state index is -0.469. The lowest BCUT2D eigenvalue weighted by atomic mass is 10.0. The van der Waals surface area contributed by atoms with Gasteiger partial charge in [-0.25, -0.2) is 4.79 Å². The highest BCUT2D eigenvalue weighted by Crippen LogP contribution is 2.25. The summed E-state index contributed by atoms with van der Waals surface area (Å²) in [6, 6.07) is 9.96. The largest absolute Gasteiger partial charge is 0.467 e. The molecule has 1 amide bonds. The van der Waals surface area contributed by atoms with Gasteiger partial charge in [0.05, 0.1) is 26.0 Å². The maximum Gasteiger partial charge on any atom is 0.355 e. The van der Waals surface area contributed by atoms with Gasteiger partial charge in [0, 0.05) is 28.4 Å². The topological polar surface area (TPSA) is 81.8 Å². The molecule has 0 aliphatic carbocycles. The second-order valence-corrected chi connectivity index (χ2v) is 8.01.